The van der Waals surface area contributed by atoms with E-state index in [1.54, 1.807) is 0 Å². The van der Waals surface area contributed by atoms with Crippen LogP contribution in [0.5, 0.6) is 0 Å². The van der Waals surface area contributed by atoms with Gasteiger partial charge in [-0.1, -0.05) is 22.9 Å². The summed E-state index contributed by atoms with van der Waals surface area (Å²) in [4.78, 5) is 22.1. The molecule has 0 aliphatic carbocycles. The number of carbonyl (C=O) groups excluding carboxylic acids is 2. The maximum Gasteiger partial charge on any atom is 0.303 e. The van der Waals surface area contributed by atoms with Crippen molar-refractivity contribution in [2.24, 2.45) is 5.92 Å². The third kappa shape index (κ3) is 3.67. The highest BCUT2D eigenvalue weighted by molar-refractivity contribution is 9.09. The predicted octanol–water partition coefficient (Wildman–Crippen LogP) is 1.63. The van der Waals surface area contributed by atoms with Crippen molar-refractivity contribution in [3.05, 3.63) is 0 Å². The van der Waals surface area contributed by atoms with Gasteiger partial charge in [-0.2, -0.15) is 0 Å². The lowest BCUT2D eigenvalue weighted by molar-refractivity contribution is -0.203. The summed E-state index contributed by atoms with van der Waals surface area (Å²) in [6.45, 7) is 6.43. The molecule has 98 valence electrons. The Hall–Kier alpha value is -0.620. The summed E-state index contributed by atoms with van der Waals surface area (Å²) in [5.41, 5.74) is 0. The van der Waals surface area contributed by atoms with Crippen molar-refractivity contribution in [1.29, 1.82) is 0 Å². The van der Waals surface area contributed by atoms with E-state index in [0.29, 0.717) is 0 Å². The van der Waals surface area contributed by atoms with Crippen LogP contribution in [0, 0.1) is 5.92 Å². The van der Waals surface area contributed by atoms with Crippen LogP contribution in [0.4, 0.5) is 0 Å². The van der Waals surface area contributed by atoms with Gasteiger partial charge >= 0.3 is 11.9 Å². The number of hydrogen-bond donors (Lipinski definition) is 0. The number of carbonyl (C=O) groups is 2. The number of rotatable bonds is 2. The Balaban J connectivity index is 2.86. The van der Waals surface area contributed by atoms with Crippen molar-refractivity contribution in [3.63, 3.8) is 0 Å². The van der Waals surface area contributed by atoms with Crippen LogP contribution in [0.2, 0.25) is 0 Å². The molecular weight excluding hydrogens is 292 g/mol. The second-order valence-corrected chi connectivity index (χ2v) is 5.10. The molecule has 0 N–H and O–H groups in total. The molecule has 0 spiro atoms. The molecule has 0 unspecified atom stereocenters. The molecule has 0 aromatic rings. The molecule has 6 heteroatoms. The van der Waals surface area contributed by atoms with Gasteiger partial charge in [0, 0.05) is 19.8 Å². The Morgan fingerprint density at radius 3 is 2.00 bits per heavy atom. The van der Waals surface area contributed by atoms with Gasteiger partial charge in [-0.25, -0.2) is 0 Å². The van der Waals surface area contributed by atoms with Crippen molar-refractivity contribution < 1.29 is 23.8 Å². The molecule has 0 amide bonds. The first-order valence-corrected chi connectivity index (χ1v) is 6.38. The minimum absolute atomic E-state index is 0.0444. The highest BCUT2D eigenvalue weighted by Crippen LogP contribution is 2.32. The number of hydrogen-bond acceptors (Lipinski definition) is 5. The fourth-order valence-corrected chi connectivity index (χ4v) is 2.55. The standard InChI is InChI=1S/C11H17BrO5/c1-5-6(2)15-11(12)10(17-8(4)14)9(5)16-7(3)13/h5-6,9-11H,1-4H3/t5-,6+,9-,10+,11-/m1/s1. The highest BCUT2D eigenvalue weighted by atomic mass is 79.9. The van der Waals surface area contributed by atoms with Gasteiger partial charge < -0.3 is 14.2 Å². The average molecular weight is 309 g/mol. The van der Waals surface area contributed by atoms with Gasteiger partial charge in [0.1, 0.15) is 6.10 Å². The first kappa shape index (κ1) is 14.4. The zero-order valence-corrected chi connectivity index (χ0v) is 11.9. The summed E-state index contributed by atoms with van der Waals surface area (Å²) >= 11 is 3.29. The second-order valence-electron chi connectivity index (χ2n) is 4.20. The van der Waals surface area contributed by atoms with Crippen molar-refractivity contribution in [1.82, 2.24) is 0 Å². The molecule has 0 radical (unpaired) electrons. The molecule has 5 atom stereocenters. The Kier molecular flexibility index (Phi) is 4.94. The molecule has 1 fully saturated rings. The maximum atomic E-state index is 11.1. The first-order chi connectivity index (χ1) is 7.82. The second kappa shape index (κ2) is 5.82. The van der Waals surface area contributed by atoms with Crippen LogP contribution >= 0.6 is 15.9 Å². The molecular formula is C11H17BrO5. The third-order valence-corrected chi connectivity index (χ3v) is 3.53. The van der Waals surface area contributed by atoms with E-state index in [1.165, 1.54) is 13.8 Å². The SMILES string of the molecule is CC(=O)O[C@@H]1[C@H](C)[C@H](C)O[C@@H](Br)[C@H]1OC(C)=O. The molecule has 1 heterocycles. The lowest BCUT2D eigenvalue weighted by Gasteiger charge is -2.41. The van der Waals surface area contributed by atoms with E-state index in [1.807, 2.05) is 13.8 Å². The van der Waals surface area contributed by atoms with Gasteiger partial charge in [0.2, 0.25) is 0 Å². The van der Waals surface area contributed by atoms with E-state index in [0.717, 1.165) is 0 Å². The molecule has 1 saturated heterocycles. The molecule has 0 aromatic carbocycles. The van der Waals surface area contributed by atoms with E-state index in [-0.39, 0.29) is 12.0 Å². The van der Waals surface area contributed by atoms with Crippen LogP contribution < -0.4 is 0 Å². The van der Waals surface area contributed by atoms with E-state index < -0.39 is 29.2 Å². The molecule has 1 aliphatic rings. The summed E-state index contributed by atoms with van der Waals surface area (Å²) < 4.78 is 16.0. The zero-order chi connectivity index (χ0) is 13.2. The summed E-state index contributed by atoms with van der Waals surface area (Å²) in [6, 6.07) is 0. The van der Waals surface area contributed by atoms with E-state index in [9.17, 15) is 9.59 Å². The molecule has 5 nitrogen and oxygen atoms in total. The average Bonchev–Trinajstić information content (AvgIpc) is 2.19. The van der Waals surface area contributed by atoms with Gasteiger partial charge in [0.15, 0.2) is 11.1 Å². The molecule has 0 saturated carbocycles. The summed E-state index contributed by atoms with van der Waals surface area (Å²) in [6.07, 6.45) is -1.21. The number of ether oxygens (including phenoxy) is 3. The Labute approximate surface area is 109 Å². The fourth-order valence-electron chi connectivity index (χ4n) is 1.80. The minimum Gasteiger partial charge on any atom is -0.458 e. The van der Waals surface area contributed by atoms with E-state index in [4.69, 9.17) is 14.2 Å². The lowest BCUT2D eigenvalue weighted by Crippen LogP contribution is -2.53. The quantitative estimate of drug-likeness (QED) is 0.573. The largest absolute Gasteiger partial charge is 0.458 e. The highest BCUT2D eigenvalue weighted by Gasteiger charge is 2.45. The molecule has 1 aliphatic heterocycles. The van der Waals surface area contributed by atoms with Crippen LogP contribution in [0.15, 0.2) is 0 Å². The van der Waals surface area contributed by atoms with Gasteiger partial charge in [-0.15, -0.1) is 0 Å². The Morgan fingerprint density at radius 2 is 1.53 bits per heavy atom. The van der Waals surface area contributed by atoms with Gasteiger partial charge in [-0.3, -0.25) is 9.59 Å². The van der Waals surface area contributed by atoms with Crippen molar-refractivity contribution in [2.75, 3.05) is 0 Å². The normalized spacial score (nSPS) is 37.4. The van der Waals surface area contributed by atoms with E-state index >= 15 is 0 Å². The van der Waals surface area contributed by atoms with Crippen molar-refractivity contribution >= 4 is 27.9 Å². The van der Waals surface area contributed by atoms with Crippen LogP contribution in [0.1, 0.15) is 27.7 Å². The van der Waals surface area contributed by atoms with E-state index in [2.05, 4.69) is 15.9 Å². The lowest BCUT2D eigenvalue weighted by atomic mass is 9.92. The number of alkyl halides is 1. The topological polar surface area (TPSA) is 61.8 Å². The number of halogens is 1. The summed E-state index contributed by atoms with van der Waals surface area (Å²) in [5.74, 6) is -0.869. The summed E-state index contributed by atoms with van der Waals surface area (Å²) in [7, 11) is 0. The van der Waals surface area contributed by atoms with Gasteiger partial charge in [0.25, 0.3) is 0 Å². The maximum absolute atomic E-state index is 11.1. The molecule has 0 aromatic heterocycles. The van der Waals surface area contributed by atoms with Gasteiger partial charge in [-0.05, 0) is 6.92 Å². The van der Waals surface area contributed by atoms with Crippen molar-refractivity contribution in [2.45, 2.75) is 51.0 Å². The fraction of sp³-hybridized carbons (Fsp3) is 0.818. The minimum atomic E-state index is -0.623. The summed E-state index contributed by atoms with van der Waals surface area (Å²) in [5, 5.41) is -0.470. The molecule has 17 heavy (non-hydrogen) atoms. The Bertz CT molecular complexity index is 306. The van der Waals surface area contributed by atoms with Crippen LogP contribution in [-0.4, -0.2) is 35.3 Å². The monoisotopic (exact) mass is 308 g/mol. The van der Waals surface area contributed by atoms with Crippen molar-refractivity contribution in [3.8, 4) is 0 Å². The predicted molar refractivity (Wildman–Crippen MR) is 63.5 cm³/mol. The molecule has 0 bridgehead atoms. The molecule has 1 rings (SSSR count). The third-order valence-electron chi connectivity index (χ3n) is 2.79. The van der Waals surface area contributed by atoms with Crippen LogP contribution in [0.25, 0.3) is 0 Å². The first-order valence-electron chi connectivity index (χ1n) is 5.47. The Morgan fingerprint density at radius 1 is 1.06 bits per heavy atom. The smallest absolute Gasteiger partial charge is 0.303 e. The van der Waals surface area contributed by atoms with Crippen LogP contribution in [-0.2, 0) is 23.8 Å². The number of esters is 2. The van der Waals surface area contributed by atoms with Gasteiger partial charge in [0.05, 0.1) is 6.10 Å². The van der Waals surface area contributed by atoms with Crippen LogP contribution in [0.3, 0.4) is 0 Å². The zero-order valence-electron chi connectivity index (χ0n) is 10.3.